The molecule has 0 aromatic carbocycles. The highest BCUT2D eigenvalue weighted by Crippen LogP contribution is 2.11. The molecule has 0 aliphatic heterocycles. The average Bonchev–Trinajstić information content (AvgIpc) is 2.46. The predicted octanol–water partition coefficient (Wildman–Crippen LogP) is 1.23. The summed E-state index contributed by atoms with van der Waals surface area (Å²) in [6.45, 7) is 2.62. The van der Waals surface area contributed by atoms with Crippen LogP contribution in [-0.2, 0) is 4.94 Å². The Balaban J connectivity index is 3.10. The van der Waals surface area contributed by atoms with Crippen LogP contribution in [0.1, 0.15) is 33.9 Å². The van der Waals surface area contributed by atoms with E-state index in [4.69, 9.17) is 0 Å². The quantitative estimate of drug-likeness (QED) is 0.651. The van der Waals surface area contributed by atoms with Gasteiger partial charge < -0.3 is 4.42 Å². The van der Waals surface area contributed by atoms with Gasteiger partial charge >= 0.3 is 5.97 Å². The summed E-state index contributed by atoms with van der Waals surface area (Å²) >= 11 is 0. The van der Waals surface area contributed by atoms with E-state index < -0.39 is 17.5 Å². The number of ketones is 1. The number of hydrogen-bond acceptors (Lipinski definition) is 5. The van der Waals surface area contributed by atoms with E-state index in [1.807, 2.05) is 0 Å². The van der Waals surface area contributed by atoms with Gasteiger partial charge in [-0.05, 0) is 6.92 Å². The number of nitrogens with zero attached hydrogens (tertiary/aromatic N) is 1. The highest BCUT2D eigenvalue weighted by atomic mass is 19.3. The van der Waals surface area contributed by atoms with Gasteiger partial charge in [-0.3, -0.25) is 4.79 Å². The van der Waals surface area contributed by atoms with E-state index in [9.17, 15) is 14.1 Å². The van der Waals surface area contributed by atoms with Gasteiger partial charge in [0, 0.05) is 11.4 Å². The molecule has 0 fully saturated rings. The zero-order chi connectivity index (χ0) is 10.0. The molecular formula is C7H6FNO4. The van der Waals surface area contributed by atoms with Crippen LogP contribution in [0.3, 0.4) is 0 Å². The van der Waals surface area contributed by atoms with Crippen molar-refractivity contribution in [2.45, 2.75) is 13.8 Å². The predicted molar refractivity (Wildman–Crippen MR) is 37.8 cm³/mol. The number of oxazole rings is 1. The molecule has 0 unspecified atom stereocenters. The van der Waals surface area contributed by atoms with Gasteiger partial charge in [-0.15, -0.1) is 0 Å². The normalized spacial score (nSPS) is 9.77. The van der Waals surface area contributed by atoms with E-state index in [0.29, 0.717) is 0 Å². The van der Waals surface area contributed by atoms with E-state index in [1.165, 1.54) is 13.8 Å². The lowest BCUT2D eigenvalue weighted by atomic mass is 10.4. The Bertz CT molecular complexity index is 357. The van der Waals surface area contributed by atoms with E-state index in [-0.39, 0.29) is 11.6 Å². The maximum absolute atomic E-state index is 11.4. The SMILES string of the molecule is CC(=O)c1nc(C)c(C(=O)OF)o1. The maximum Gasteiger partial charge on any atom is 0.416 e. The Hall–Kier alpha value is -1.72. The minimum Gasteiger partial charge on any atom is -0.426 e. The molecule has 5 nitrogen and oxygen atoms in total. The third-order valence-corrected chi connectivity index (χ3v) is 1.35. The lowest BCUT2D eigenvalue weighted by Crippen LogP contribution is -1.98. The van der Waals surface area contributed by atoms with E-state index in [1.54, 1.807) is 0 Å². The number of carbonyl (C=O) groups excluding carboxylic acids is 2. The molecule has 0 bridgehead atoms. The molecule has 0 amide bonds. The summed E-state index contributed by atoms with van der Waals surface area (Å²) in [7, 11) is 0. The highest BCUT2D eigenvalue weighted by Gasteiger charge is 2.21. The number of hydrogen-bond donors (Lipinski definition) is 0. The van der Waals surface area contributed by atoms with Crippen LogP contribution in [0.5, 0.6) is 0 Å². The molecule has 0 atom stereocenters. The fraction of sp³-hybridized carbons (Fsp3) is 0.286. The van der Waals surface area contributed by atoms with Crippen molar-refractivity contribution in [3.8, 4) is 0 Å². The van der Waals surface area contributed by atoms with E-state index in [0.717, 1.165) is 0 Å². The topological polar surface area (TPSA) is 69.4 Å². The van der Waals surface area contributed by atoms with Crippen LogP contribution in [0.4, 0.5) is 4.53 Å². The Labute approximate surface area is 72.4 Å². The van der Waals surface area contributed by atoms with Crippen LogP contribution >= 0.6 is 0 Å². The van der Waals surface area contributed by atoms with Crippen LogP contribution in [-0.4, -0.2) is 16.7 Å². The number of halogens is 1. The van der Waals surface area contributed by atoms with Gasteiger partial charge in [-0.2, -0.15) is 0 Å². The monoisotopic (exact) mass is 187 g/mol. The molecule has 0 aliphatic carbocycles. The average molecular weight is 187 g/mol. The molecule has 1 aromatic rings. The Morgan fingerprint density at radius 2 is 2.15 bits per heavy atom. The molecule has 0 N–H and O–H groups in total. The molecule has 70 valence electrons. The number of aryl methyl sites for hydroxylation is 1. The summed E-state index contributed by atoms with van der Waals surface area (Å²) in [6, 6.07) is 0. The minimum atomic E-state index is -1.29. The molecule has 0 radical (unpaired) electrons. The fourth-order valence-electron chi connectivity index (χ4n) is 0.771. The largest absolute Gasteiger partial charge is 0.426 e. The van der Waals surface area contributed by atoms with E-state index >= 15 is 0 Å². The zero-order valence-electron chi connectivity index (χ0n) is 6.96. The molecular weight excluding hydrogens is 181 g/mol. The number of Topliss-reactive ketones (excluding diaryl/α,β-unsaturated/α-hetero) is 1. The molecule has 0 aliphatic rings. The Morgan fingerprint density at radius 1 is 1.54 bits per heavy atom. The maximum atomic E-state index is 11.4. The Morgan fingerprint density at radius 3 is 2.54 bits per heavy atom. The molecule has 13 heavy (non-hydrogen) atoms. The zero-order valence-corrected chi connectivity index (χ0v) is 6.96. The number of rotatable bonds is 2. The summed E-state index contributed by atoms with van der Waals surface area (Å²) < 4.78 is 16.1. The summed E-state index contributed by atoms with van der Waals surface area (Å²) in [6.07, 6.45) is 0. The lowest BCUT2D eigenvalue weighted by Gasteiger charge is -1.87. The summed E-state index contributed by atoms with van der Waals surface area (Å²) in [4.78, 5) is 27.9. The smallest absolute Gasteiger partial charge is 0.416 e. The van der Waals surface area contributed by atoms with Crippen LogP contribution in [0.2, 0.25) is 0 Å². The second kappa shape index (κ2) is 3.34. The highest BCUT2D eigenvalue weighted by molar-refractivity contribution is 5.92. The van der Waals surface area contributed by atoms with Crippen molar-refractivity contribution in [1.82, 2.24) is 4.98 Å². The minimum absolute atomic E-state index is 0.118. The van der Waals surface area contributed by atoms with Gasteiger partial charge in [0.15, 0.2) is 0 Å². The van der Waals surface area contributed by atoms with Gasteiger partial charge in [0.05, 0.1) is 5.69 Å². The fourth-order valence-corrected chi connectivity index (χ4v) is 0.771. The lowest BCUT2D eigenvalue weighted by molar-refractivity contribution is -0.0813. The van der Waals surface area contributed by atoms with Gasteiger partial charge in [-0.25, -0.2) is 14.7 Å². The summed E-state index contributed by atoms with van der Waals surface area (Å²) in [5.74, 6) is -2.37. The molecule has 0 saturated carbocycles. The Kier molecular flexibility index (Phi) is 2.41. The molecule has 0 saturated heterocycles. The molecule has 1 aromatic heterocycles. The first-order chi connectivity index (χ1) is 6.06. The first-order valence-electron chi connectivity index (χ1n) is 3.37. The van der Waals surface area contributed by atoms with Crippen molar-refractivity contribution in [1.29, 1.82) is 0 Å². The second-order valence-electron chi connectivity index (χ2n) is 2.35. The third kappa shape index (κ3) is 1.71. The van der Waals surface area contributed by atoms with Crippen LogP contribution < -0.4 is 0 Å². The van der Waals surface area contributed by atoms with Crippen LogP contribution in [0.15, 0.2) is 4.42 Å². The van der Waals surface area contributed by atoms with Gasteiger partial charge in [0.1, 0.15) is 0 Å². The summed E-state index contributed by atoms with van der Waals surface area (Å²) in [5, 5.41) is 0. The van der Waals surface area contributed by atoms with Crippen molar-refractivity contribution in [2.24, 2.45) is 0 Å². The van der Waals surface area contributed by atoms with Crippen molar-refractivity contribution < 1.29 is 23.5 Å². The first-order valence-corrected chi connectivity index (χ1v) is 3.37. The van der Waals surface area contributed by atoms with Gasteiger partial charge in [0.25, 0.3) is 5.89 Å². The molecule has 0 spiro atoms. The number of aromatic nitrogens is 1. The van der Waals surface area contributed by atoms with Crippen molar-refractivity contribution in [3.63, 3.8) is 0 Å². The second-order valence-corrected chi connectivity index (χ2v) is 2.35. The first kappa shape index (κ1) is 9.37. The number of carbonyl (C=O) groups is 2. The third-order valence-electron chi connectivity index (χ3n) is 1.35. The van der Waals surface area contributed by atoms with Crippen LogP contribution in [0, 0.1) is 6.92 Å². The van der Waals surface area contributed by atoms with Gasteiger partial charge in [-0.1, -0.05) is 0 Å². The van der Waals surface area contributed by atoms with Gasteiger partial charge in [0.2, 0.25) is 11.5 Å². The van der Waals surface area contributed by atoms with Crippen molar-refractivity contribution >= 4 is 11.8 Å². The standard InChI is InChI=1S/C7H6FNO4/c1-3-5(7(11)13-8)12-6(9-3)4(2)10/h1-2H3. The van der Waals surface area contributed by atoms with Crippen LogP contribution in [0.25, 0.3) is 0 Å². The van der Waals surface area contributed by atoms with Crippen molar-refractivity contribution in [2.75, 3.05) is 0 Å². The molecule has 1 rings (SSSR count). The molecule has 6 heteroatoms. The van der Waals surface area contributed by atoms with E-state index in [2.05, 4.69) is 14.3 Å². The summed E-state index contributed by atoms with van der Waals surface area (Å²) in [5.41, 5.74) is 0.118. The van der Waals surface area contributed by atoms with Crippen molar-refractivity contribution in [3.05, 3.63) is 17.3 Å². The molecule has 1 heterocycles.